The summed E-state index contributed by atoms with van der Waals surface area (Å²) in [6.07, 6.45) is 1.57. The number of carbonyl (C=O) groups excluding carboxylic acids is 1. The van der Waals surface area contributed by atoms with E-state index in [2.05, 4.69) is 10.3 Å². The van der Waals surface area contributed by atoms with Gasteiger partial charge in [0.1, 0.15) is 17.2 Å². The van der Waals surface area contributed by atoms with Crippen LogP contribution in [0.25, 0.3) is 0 Å². The first-order valence-electron chi connectivity index (χ1n) is 6.07. The first kappa shape index (κ1) is 13.8. The van der Waals surface area contributed by atoms with E-state index in [4.69, 9.17) is 15.2 Å². The SMILES string of the molecule is COc1ccc(CNC(=O)c2cc(N)c[nH]2)c(OC)c1. The summed E-state index contributed by atoms with van der Waals surface area (Å²) < 4.78 is 10.4. The van der Waals surface area contributed by atoms with Crippen LogP contribution in [0, 0.1) is 0 Å². The zero-order chi connectivity index (χ0) is 14.5. The molecule has 6 nitrogen and oxygen atoms in total. The van der Waals surface area contributed by atoms with Crippen molar-refractivity contribution in [1.29, 1.82) is 0 Å². The van der Waals surface area contributed by atoms with Gasteiger partial charge in [0.15, 0.2) is 0 Å². The molecule has 0 saturated heterocycles. The number of benzene rings is 1. The van der Waals surface area contributed by atoms with Crippen molar-refractivity contribution in [3.05, 3.63) is 41.7 Å². The van der Waals surface area contributed by atoms with Gasteiger partial charge in [-0.15, -0.1) is 0 Å². The third-order valence-electron chi connectivity index (χ3n) is 2.88. The summed E-state index contributed by atoms with van der Waals surface area (Å²) in [6, 6.07) is 7.02. The molecule has 0 fully saturated rings. The summed E-state index contributed by atoms with van der Waals surface area (Å²) in [4.78, 5) is 14.7. The maximum atomic E-state index is 11.9. The van der Waals surface area contributed by atoms with Gasteiger partial charge in [-0.25, -0.2) is 0 Å². The number of methoxy groups -OCH3 is 2. The molecule has 0 aliphatic rings. The van der Waals surface area contributed by atoms with Crippen molar-refractivity contribution in [2.24, 2.45) is 0 Å². The Morgan fingerprint density at radius 2 is 2.10 bits per heavy atom. The number of nitrogens with one attached hydrogen (secondary N) is 2. The number of nitrogen functional groups attached to an aromatic ring is 1. The van der Waals surface area contributed by atoms with E-state index in [1.807, 2.05) is 12.1 Å². The van der Waals surface area contributed by atoms with Crippen molar-refractivity contribution in [2.75, 3.05) is 20.0 Å². The molecule has 0 atom stereocenters. The smallest absolute Gasteiger partial charge is 0.268 e. The van der Waals surface area contributed by atoms with E-state index in [0.717, 1.165) is 5.56 Å². The average Bonchev–Trinajstić information content (AvgIpc) is 2.91. The molecule has 0 bridgehead atoms. The van der Waals surface area contributed by atoms with Crippen molar-refractivity contribution in [3.8, 4) is 11.5 Å². The standard InChI is InChI=1S/C14H17N3O3/c1-19-11-4-3-9(13(6-11)20-2)7-17-14(18)12-5-10(15)8-16-12/h3-6,8,16H,7,15H2,1-2H3,(H,17,18). The molecule has 0 aliphatic carbocycles. The summed E-state index contributed by atoms with van der Waals surface area (Å²) in [5, 5.41) is 2.79. The number of nitrogens with two attached hydrogens (primary N) is 1. The van der Waals surface area contributed by atoms with E-state index in [-0.39, 0.29) is 5.91 Å². The highest BCUT2D eigenvalue weighted by atomic mass is 16.5. The fourth-order valence-electron chi connectivity index (χ4n) is 1.81. The van der Waals surface area contributed by atoms with Crippen LogP contribution in [0.1, 0.15) is 16.1 Å². The average molecular weight is 275 g/mol. The van der Waals surface area contributed by atoms with E-state index in [1.165, 1.54) is 0 Å². The first-order chi connectivity index (χ1) is 9.63. The summed E-state index contributed by atoms with van der Waals surface area (Å²) in [5.41, 5.74) is 7.37. The fourth-order valence-corrected chi connectivity index (χ4v) is 1.81. The molecule has 1 aromatic carbocycles. The van der Waals surface area contributed by atoms with Gasteiger partial charge in [-0.2, -0.15) is 0 Å². The van der Waals surface area contributed by atoms with Crippen LogP contribution in [0.5, 0.6) is 11.5 Å². The van der Waals surface area contributed by atoms with Crippen LogP contribution >= 0.6 is 0 Å². The zero-order valence-electron chi connectivity index (χ0n) is 11.4. The minimum atomic E-state index is -0.223. The molecule has 106 valence electrons. The van der Waals surface area contributed by atoms with Gasteiger partial charge in [0.2, 0.25) is 0 Å². The Morgan fingerprint density at radius 3 is 2.70 bits per heavy atom. The summed E-state index contributed by atoms with van der Waals surface area (Å²) >= 11 is 0. The number of hydrogen-bond acceptors (Lipinski definition) is 4. The van der Waals surface area contributed by atoms with Gasteiger partial charge in [-0.1, -0.05) is 0 Å². The van der Waals surface area contributed by atoms with Crippen molar-refractivity contribution in [2.45, 2.75) is 6.54 Å². The second kappa shape index (κ2) is 6.01. The van der Waals surface area contributed by atoms with Gasteiger partial charge in [0.25, 0.3) is 5.91 Å². The minimum absolute atomic E-state index is 0.223. The number of amides is 1. The van der Waals surface area contributed by atoms with E-state index < -0.39 is 0 Å². The predicted octanol–water partition coefficient (Wildman–Crippen LogP) is 1.54. The number of rotatable bonds is 5. The molecule has 20 heavy (non-hydrogen) atoms. The molecule has 0 aliphatic heterocycles. The number of H-pyrrole nitrogens is 1. The lowest BCUT2D eigenvalue weighted by molar-refractivity contribution is 0.0946. The van der Waals surface area contributed by atoms with Crippen LogP contribution in [-0.2, 0) is 6.54 Å². The van der Waals surface area contributed by atoms with Crippen LogP contribution in [0.2, 0.25) is 0 Å². The number of ether oxygens (including phenoxy) is 2. The molecule has 0 radical (unpaired) electrons. The topological polar surface area (TPSA) is 89.4 Å². The highest BCUT2D eigenvalue weighted by Crippen LogP contribution is 2.24. The van der Waals surface area contributed by atoms with Crippen LogP contribution in [0.3, 0.4) is 0 Å². The van der Waals surface area contributed by atoms with Crippen molar-refractivity contribution < 1.29 is 14.3 Å². The normalized spacial score (nSPS) is 10.1. The maximum absolute atomic E-state index is 11.9. The largest absolute Gasteiger partial charge is 0.497 e. The molecule has 0 spiro atoms. The van der Waals surface area contributed by atoms with E-state index in [0.29, 0.717) is 29.4 Å². The van der Waals surface area contributed by atoms with E-state index in [1.54, 1.807) is 32.5 Å². The predicted molar refractivity (Wildman–Crippen MR) is 75.9 cm³/mol. The number of aromatic nitrogens is 1. The Hall–Kier alpha value is -2.63. The second-order valence-electron chi connectivity index (χ2n) is 4.21. The summed E-state index contributed by atoms with van der Waals surface area (Å²) in [6.45, 7) is 0.352. The molecule has 1 aromatic heterocycles. The molecule has 1 heterocycles. The van der Waals surface area contributed by atoms with Gasteiger partial charge >= 0.3 is 0 Å². The number of aromatic amines is 1. The fraction of sp³-hybridized carbons (Fsp3) is 0.214. The molecule has 2 aromatic rings. The summed E-state index contributed by atoms with van der Waals surface area (Å²) in [7, 11) is 3.16. The summed E-state index contributed by atoms with van der Waals surface area (Å²) in [5.74, 6) is 1.14. The molecule has 2 rings (SSSR count). The van der Waals surface area contributed by atoms with Gasteiger partial charge in [0, 0.05) is 30.1 Å². The Morgan fingerprint density at radius 1 is 1.30 bits per heavy atom. The molecular weight excluding hydrogens is 258 g/mol. The van der Waals surface area contributed by atoms with Crippen LogP contribution in [-0.4, -0.2) is 25.1 Å². The highest BCUT2D eigenvalue weighted by molar-refractivity contribution is 5.93. The van der Waals surface area contributed by atoms with E-state index in [9.17, 15) is 4.79 Å². The quantitative estimate of drug-likeness (QED) is 0.772. The van der Waals surface area contributed by atoms with Gasteiger partial charge < -0.3 is 25.5 Å². The zero-order valence-corrected chi connectivity index (χ0v) is 11.4. The van der Waals surface area contributed by atoms with Crippen molar-refractivity contribution >= 4 is 11.6 Å². The first-order valence-corrected chi connectivity index (χ1v) is 6.07. The molecule has 1 amide bonds. The number of anilines is 1. The van der Waals surface area contributed by atoms with Crippen molar-refractivity contribution in [3.63, 3.8) is 0 Å². The Balaban J connectivity index is 2.05. The number of hydrogen-bond donors (Lipinski definition) is 3. The van der Waals surface area contributed by atoms with Gasteiger partial charge in [-0.3, -0.25) is 4.79 Å². The lowest BCUT2D eigenvalue weighted by atomic mass is 10.2. The van der Waals surface area contributed by atoms with Crippen molar-refractivity contribution in [1.82, 2.24) is 10.3 Å². The Labute approximate surface area is 116 Å². The molecular formula is C14H17N3O3. The third kappa shape index (κ3) is 3.03. The van der Waals surface area contributed by atoms with Gasteiger partial charge in [-0.05, 0) is 18.2 Å². The van der Waals surface area contributed by atoms with Crippen LogP contribution in [0.4, 0.5) is 5.69 Å². The van der Waals surface area contributed by atoms with Gasteiger partial charge in [0.05, 0.1) is 14.2 Å². The van der Waals surface area contributed by atoms with Crippen LogP contribution in [0.15, 0.2) is 30.5 Å². The second-order valence-corrected chi connectivity index (χ2v) is 4.21. The highest BCUT2D eigenvalue weighted by Gasteiger charge is 2.10. The minimum Gasteiger partial charge on any atom is -0.497 e. The number of carbonyl (C=O) groups is 1. The lowest BCUT2D eigenvalue weighted by Gasteiger charge is -2.11. The monoisotopic (exact) mass is 275 g/mol. The molecule has 0 unspecified atom stereocenters. The maximum Gasteiger partial charge on any atom is 0.268 e. The van der Waals surface area contributed by atoms with Crippen LogP contribution < -0.4 is 20.5 Å². The molecule has 6 heteroatoms. The Bertz CT molecular complexity index is 607. The lowest BCUT2D eigenvalue weighted by Crippen LogP contribution is -2.23. The molecule has 4 N–H and O–H groups in total. The third-order valence-corrected chi connectivity index (χ3v) is 2.88. The Kier molecular flexibility index (Phi) is 4.14. The van der Waals surface area contributed by atoms with E-state index >= 15 is 0 Å². The molecule has 0 saturated carbocycles.